The van der Waals surface area contributed by atoms with Crippen LogP contribution in [0.2, 0.25) is 0 Å². The van der Waals surface area contributed by atoms with Crippen LogP contribution in [0, 0.1) is 19.8 Å². The van der Waals surface area contributed by atoms with Gasteiger partial charge in [-0.3, -0.25) is 0 Å². The van der Waals surface area contributed by atoms with Gasteiger partial charge in [-0.2, -0.15) is 4.31 Å². The summed E-state index contributed by atoms with van der Waals surface area (Å²) in [7, 11) is -1.94. The molecular formula is C15H25NO5S2. The van der Waals surface area contributed by atoms with Crippen molar-refractivity contribution in [2.75, 3.05) is 40.0 Å². The molecule has 1 aromatic heterocycles. The average Bonchev–Trinajstić information content (AvgIpc) is 2.87. The highest BCUT2D eigenvalue weighted by atomic mass is 32.2. The van der Waals surface area contributed by atoms with E-state index < -0.39 is 10.0 Å². The quantitative estimate of drug-likeness (QED) is 0.741. The number of nitrogens with zero attached hydrogens (tertiary/aromatic N) is 1. The van der Waals surface area contributed by atoms with Crippen molar-refractivity contribution in [3.8, 4) is 0 Å². The van der Waals surface area contributed by atoms with Gasteiger partial charge in [-0.05, 0) is 37.8 Å². The van der Waals surface area contributed by atoms with Gasteiger partial charge in [0.25, 0.3) is 10.0 Å². The van der Waals surface area contributed by atoms with Crippen LogP contribution in [-0.2, 0) is 19.5 Å². The maximum Gasteiger partial charge on any atom is 0.252 e. The molecule has 0 aliphatic carbocycles. The van der Waals surface area contributed by atoms with E-state index in [9.17, 15) is 13.5 Å². The summed E-state index contributed by atoms with van der Waals surface area (Å²) in [6.07, 6.45) is 0.447. The molecule has 0 spiro atoms. The van der Waals surface area contributed by atoms with Gasteiger partial charge in [-0.25, -0.2) is 8.42 Å². The van der Waals surface area contributed by atoms with E-state index in [2.05, 4.69) is 0 Å². The molecule has 8 heteroatoms. The fourth-order valence-electron chi connectivity index (χ4n) is 2.65. The number of piperidine rings is 1. The van der Waals surface area contributed by atoms with E-state index in [-0.39, 0.29) is 18.6 Å². The summed E-state index contributed by atoms with van der Waals surface area (Å²) in [6, 6.07) is 1.72. The molecule has 2 unspecified atom stereocenters. The van der Waals surface area contributed by atoms with Gasteiger partial charge in [0.2, 0.25) is 0 Å². The van der Waals surface area contributed by atoms with Crippen LogP contribution in [0.25, 0.3) is 0 Å². The standard InChI is InChI=1S/C15H25NO5S2/c1-11-6-15(22-12(11)2)23(18,19)16-8-13(10-17)7-14(9-16)21-5-4-20-3/h6,13-14,17H,4-5,7-10H2,1-3H3. The Morgan fingerprint density at radius 1 is 1.35 bits per heavy atom. The van der Waals surface area contributed by atoms with Crippen LogP contribution in [0.5, 0.6) is 0 Å². The molecule has 0 saturated carbocycles. The SMILES string of the molecule is COCCOC1CC(CO)CN(S(=O)(=O)c2cc(C)c(C)s2)C1. The molecule has 0 bridgehead atoms. The Balaban J connectivity index is 2.15. The van der Waals surface area contributed by atoms with E-state index in [1.165, 1.54) is 15.6 Å². The number of aliphatic hydroxyl groups excluding tert-OH is 1. The third kappa shape index (κ3) is 4.52. The minimum Gasteiger partial charge on any atom is -0.396 e. The number of hydrogen-bond donors (Lipinski definition) is 1. The van der Waals surface area contributed by atoms with Gasteiger partial charge in [0.15, 0.2) is 0 Å². The van der Waals surface area contributed by atoms with Crippen LogP contribution in [0.4, 0.5) is 0 Å². The first kappa shape index (κ1) is 18.8. The van der Waals surface area contributed by atoms with Crippen molar-refractivity contribution in [1.29, 1.82) is 0 Å². The molecule has 132 valence electrons. The number of hydrogen-bond acceptors (Lipinski definition) is 6. The van der Waals surface area contributed by atoms with Crippen molar-refractivity contribution >= 4 is 21.4 Å². The molecule has 2 heterocycles. The predicted molar refractivity (Wildman–Crippen MR) is 89.4 cm³/mol. The fourth-order valence-corrected chi connectivity index (χ4v) is 5.87. The van der Waals surface area contributed by atoms with Crippen LogP contribution < -0.4 is 0 Å². The van der Waals surface area contributed by atoms with E-state index in [0.29, 0.717) is 36.9 Å². The lowest BCUT2D eigenvalue weighted by atomic mass is 9.98. The number of rotatable bonds is 7. The van der Waals surface area contributed by atoms with E-state index >= 15 is 0 Å². The number of methoxy groups -OCH3 is 1. The van der Waals surface area contributed by atoms with E-state index in [1.54, 1.807) is 13.2 Å². The van der Waals surface area contributed by atoms with E-state index in [1.807, 2.05) is 13.8 Å². The minimum absolute atomic E-state index is 0.0430. The number of aliphatic hydroxyl groups is 1. The molecule has 1 fully saturated rings. The highest BCUT2D eigenvalue weighted by molar-refractivity contribution is 7.91. The van der Waals surface area contributed by atoms with Crippen molar-refractivity contribution in [1.82, 2.24) is 4.31 Å². The second kappa shape index (κ2) is 8.04. The summed E-state index contributed by atoms with van der Waals surface area (Å²) in [4.78, 5) is 1.01. The number of ether oxygens (including phenoxy) is 2. The Labute approximate surface area is 142 Å². The van der Waals surface area contributed by atoms with Crippen LogP contribution in [-0.4, -0.2) is 64.0 Å². The molecule has 0 radical (unpaired) electrons. The van der Waals surface area contributed by atoms with Crippen molar-refractivity contribution in [2.45, 2.75) is 30.6 Å². The molecule has 1 saturated heterocycles. The van der Waals surface area contributed by atoms with Gasteiger partial charge in [-0.1, -0.05) is 0 Å². The Bertz CT molecular complexity index is 594. The van der Waals surface area contributed by atoms with Gasteiger partial charge in [0, 0.05) is 31.7 Å². The first-order valence-electron chi connectivity index (χ1n) is 7.67. The van der Waals surface area contributed by atoms with Gasteiger partial charge >= 0.3 is 0 Å². The third-order valence-corrected chi connectivity index (χ3v) is 7.54. The Kier molecular flexibility index (Phi) is 6.58. The summed E-state index contributed by atoms with van der Waals surface area (Å²) in [6.45, 7) is 5.33. The van der Waals surface area contributed by atoms with E-state index in [0.717, 1.165) is 10.4 Å². The summed E-state index contributed by atoms with van der Waals surface area (Å²) in [5.41, 5.74) is 0.984. The second-order valence-electron chi connectivity index (χ2n) is 5.90. The summed E-state index contributed by atoms with van der Waals surface area (Å²) >= 11 is 1.29. The highest BCUT2D eigenvalue weighted by Gasteiger charge is 2.36. The zero-order chi connectivity index (χ0) is 17.0. The maximum absolute atomic E-state index is 12.9. The Morgan fingerprint density at radius 3 is 2.65 bits per heavy atom. The summed E-state index contributed by atoms with van der Waals surface area (Å²) in [5.74, 6) is -0.103. The van der Waals surface area contributed by atoms with Crippen molar-refractivity contribution in [3.05, 3.63) is 16.5 Å². The number of sulfonamides is 1. The second-order valence-corrected chi connectivity index (χ2v) is 9.32. The summed E-state index contributed by atoms with van der Waals surface area (Å²) in [5, 5.41) is 9.48. The molecule has 1 aliphatic heterocycles. The molecule has 23 heavy (non-hydrogen) atoms. The maximum atomic E-state index is 12.9. The zero-order valence-corrected chi connectivity index (χ0v) is 15.5. The lowest BCUT2D eigenvalue weighted by Crippen LogP contribution is -2.48. The monoisotopic (exact) mass is 363 g/mol. The Morgan fingerprint density at radius 2 is 2.09 bits per heavy atom. The highest BCUT2D eigenvalue weighted by Crippen LogP contribution is 2.31. The topological polar surface area (TPSA) is 76.1 Å². The molecule has 2 atom stereocenters. The van der Waals surface area contributed by atoms with Crippen molar-refractivity contribution in [3.63, 3.8) is 0 Å². The largest absolute Gasteiger partial charge is 0.396 e. The Hall–Kier alpha value is -0.510. The van der Waals surface area contributed by atoms with Crippen LogP contribution in [0.15, 0.2) is 10.3 Å². The van der Waals surface area contributed by atoms with Crippen molar-refractivity contribution < 1.29 is 23.0 Å². The number of thiophene rings is 1. The fraction of sp³-hybridized carbons (Fsp3) is 0.733. The van der Waals surface area contributed by atoms with Gasteiger partial charge in [0.05, 0.1) is 19.3 Å². The van der Waals surface area contributed by atoms with Crippen LogP contribution in [0.1, 0.15) is 16.9 Å². The van der Waals surface area contributed by atoms with Gasteiger partial charge < -0.3 is 14.6 Å². The molecule has 0 amide bonds. The van der Waals surface area contributed by atoms with Gasteiger partial charge in [-0.15, -0.1) is 11.3 Å². The lowest BCUT2D eigenvalue weighted by Gasteiger charge is -2.35. The molecule has 1 N–H and O–H groups in total. The van der Waals surface area contributed by atoms with Gasteiger partial charge in [0.1, 0.15) is 4.21 Å². The van der Waals surface area contributed by atoms with E-state index in [4.69, 9.17) is 9.47 Å². The number of aryl methyl sites for hydroxylation is 2. The minimum atomic E-state index is -3.54. The smallest absolute Gasteiger partial charge is 0.252 e. The third-order valence-electron chi connectivity index (χ3n) is 4.10. The van der Waals surface area contributed by atoms with Crippen LogP contribution >= 0.6 is 11.3 Å². The average molecular weight is 364 g/mol. The molecule has 1 aromatic rings. The molecule has 2 rings (SSSR count). The molecular weight excluding hydrogens is 338 g/mol. The summed E-state index contributed by atoms with van der Waals surface area (Å²) < 4.78 is 38.2. The van der Waals surface area contributed by atoms with Crippen LogP contribution in [0.3, 0.4) is 0 Å². The lowest BCUT2D eigenvalue weighted by molar-refractivity contribution is -0.0264. The van der Waals surface area contributed by atoms with Crippen molar-refractivity contribution in [2.24, 2.45) is 5.92 Å². The molecule has 1 aliphatic rings. The molecule has 0 aromatic carbocycles. The predicted octanol–water partition coefficient (Wildman–Crippen LogP) is 1.40. The zero-order valence-electron chi connectivity index (χ0n) is 13.8. The first-order chi connectivity index (χ1) is 10.9. The first-order valence-corrected chi connectivity index (χ1v) is 9.92. The molecule has 6 nitrogen and oxygen atoms in total. The normalized spacial score (nSPS) is 23.3.